The predicted molar refractivity (Wildman–Crippen MR) is 71.3 cm³/mol. The van der Waals surface area contributed by atoms with Gasteiger partial charge in [0.15, 0.2) is 0 Å². The molecule has 19 heavy (non-hydrogen) atoms. The third kappa shape index (κ3) is 2.34. The monoisotopic (exact) mass is 260 g/mol. The van der Waals surface area contributed by atoms with E-state index in [9.17, 15) is 9.90 Å². The van der Waals surface area contributed by atoms with Crippen LogP contribution in [0.3, 0.4) is 0 Å². The van der Waals surface area contributed by atoms with Gasteiger partial charge < -0.3 is 14.8 Å². The molecule has 0 saturated carbocycles. The molecule has 1 aliphatic heterocycles. The summed E-state index contributed by atoms with van der Waals surface area (Å²) in [6, 6.07) is 7.49. The van der Waals surface area contributed by atoms with Gasteiger partial charge in [-0.05, 0) is 6.07 Å². The molecule has 2 aromatic rings. The first-order valence-electron chi connectivity index (χ1n) is 6.42. The summed E-state index contributed by atoms with van der Waals surface area (Å²) in [7, 11) is 0. The molecule has 0 aliphatic carbocycles. The van der Waals surface area contributed by atoms with Crippen molar-refractivity contribution in [3.05, 3.63) is 35.6 Å². The lowest BCUT2D eigenvalue weighted by Gasteiger charge is -2.26. The molecule has 3 rings (SSSR count). The number of carboxylic acid groups (broad SMARTS) is 1. The molecule has 0 unspecified atom stereocenters. The third-order valence-electron chi connectivity index (χ3n) is 3.48. The van der Waals surface area contributed by atoms with E-state index >= 15 is 0 Å². The van der Waals surface area contributed by atoms with Crippen LogP contribution in [0.2, 0.25) is 0 Å². The number of furan rings is 1. The van der Waals surface area contributed by atoms with Gasteiger partial charge >= 0.3 is 5.97 Å². The van der Waals surface area contributed by atoms with Gasteiger partial charge in [-0.2, -0.15) is 0 Å². The highest BCUT2D eigenvalue weighted by atomic mass is 16.4. The number of carbonyl (C=O) groups is 1. The minimum Gasteiger partial charge on any atom is -0.475 e. The zero-order valence-corrected chi connectivity index (χ0v) is 10.6. The molecule has 2 N–H and O–H groups in total. The van der Waals surface area contributed by atoms with E-state index in [0.717, 1.165) is 37.1 Å². The van der Waals surface area contributed by atoms with Crippen LogP contribution in [-0.4, -0.2) is 42.2 Å². The van der Waals surface area contributed by atoms with Crippen molar-refractivity contribution in [2.75, 3.05) is 26.2 Å². The van der Waals surface area contributed by atoms with Crippen molar-refractivity contribution in [2.45, 2.75) is 6.54 Å². The largest absolute Gasteiger partial charge is 0.475 e. The summed E-state index contributed by atoms with van der Waals surface area (Å²) < 4.78 is 5.46. The molecule has 2 heterocycles. The maximum Gasteiger partial charge on any atom is 0.372 e. The molecule has 5 nitrogen and oxygen atoms in total. The number of hydrogen-bond acceptors (Lipinski definition) is 4. The number of nitrogens with one attached hydrogen (secondary N) is 1. The first-order valence-corrected chi connectivity index (χ1v) is 6.42. The second-order valence-corrected chi connectivity index (χ2v) is 4.74. The molecule has 0 bridgehead atoms. The Morgan fingerprint density at radius 1 is 1.32 bits per heavy atom. The second kappa shape index (κ2) is 5.03. The third-order valence-corrected chi connectivity index (χ3v) is 3.48. The molecule has 0 radical (unpaired) electrons. The normalized spacial score (nSPS) is 16.8. The van der Waals surface area contributed by atoms with Gasteiger partial charge in [-0.15, -0.1) is 0 Å². The molecule has 1 aromatic carbocycles. The summed E-state index contributed by atoms with van der Waals surface area (Å²) in [5.74, 6) is -0.930. The van der Waals surface area contributed by atoms with Crippen LogP contribution in [-0.2, 0) is 6.54 Å². The van der Waals surface area contributed by atoms with E-state index in [1.807, 2.05) is 24.3 Å². The number of hydrogen-bond donors (Lipinski definition) is 2. The van der Waals surface area contributed by atoms with E-state index in [4.69, 9.17) is 4.42 Å². The maximum atomic E-state index is 11.3. The molecule has 0 spiro atoms. The molecule has 5 heteroatoms. The lowest BCUT2D eigenvalue weighted by molar-refractivity contribution is 0.0661. The minimum absolute atomic E-state index is 0.0692. The summed E-state index contributed by atoms with van der Waals surface area (Å²) in [6.07, 6.45) is 0. The molecule has 1 fully saturated rings. The molecular weight excluding hydrogens is 244 g/mol. The SMILES string of the molecule is O=C(O)c1oc2ccccc2c1CN1CCNCC1. The predicted octanol–water partition coefficient (Wildman–Crippen LogP) is 1.54. The Hall–Kier alpha value is -1.85. The summed E-state index contributed by atoms with van der Waals surface area (Å²) in [5.41, 5.74) is 1.43. The standard InChI is InChI=1S/C14H16N2O3/c17-14(18)13-11(9-16-7-5-15-6-8-16)10-3-1-2-4-12(10)19-13/h1-4,15H,5-9H2,(H,17,18). The van der Waals surface area contributed by atoms with Crippen molar-refractivity contribution >= 4 is 16.9 Å². The minimum atomic E-state index is -0.999. The maximum absolute atomic E-state index is 11.3. The van der Waals surface area contributed by atoms with Gasteiger partial charge in [-0.25, -0.2) is 4.79 Å². The van der Waals surface area contributed by atoms with E-state index in [0.29, 0.717) is 12.1 Å². The van der Waals surface area contributed by atoms with Gasteiger partial charge in [0.2, 0.25) is 5.76 Å². The topological polar surface area (TPSA) is 65.7 Å². The van der Waals surface area contributed by atoms with Crippen LogP contribution in [0.1, 0.15) is 16.1 Å². The number of carboxylic acids is 1. The number of fused-ring (bicyclic) bond motifs is 1. The van der Waals surface area contributed by atoms with E-state index in [1.54, 1.807) is 0 Å². The van der Waals surface area contributed by atoms with Crippen LogP contribution in [0, 0.1) is 0 Å². The van der Waals surface area contributed by atoms with E-state index < -0.39 is 5.97 Å². The highest BCUT2D eigenvalue weighted by molar-refractivity contribution is 5.95. The van der Waals surface area contributed by atoms with Crippen LogP contribution < -0.4 is 5.32 Å². The van der Waals surface area contributed by atoms with E-state index in [1.165, 1.54) is 0 Å². The summed E-state index contributed by atoms with van der Waals surface area (Å²) in [5, 5.41) is 13.5. The fourth-order valence-corrected chi connectivity index (χ4v) is 2.52. The second-order valence-electron chi connectivity index (χ2n) is 4.74. The van der Waals surface area contributed by atoms with Crippen molar-refractivity contribution in [1.82, 2.24) is 10.2 Å². The van der Waals surface area contributed by atoms with Crippen molar-refractivity contribution in [2.24, 2.45) is 0 Å². The fraction of sp³-hybridized carbons (Fsp3) is 0.357. The number of nitrogens with zero attached hydrogens (tertiary/aromatic N) is 1. The number of para-hydroxylation sites is 1. The van der Waals surface area contributed by atoms with Gasteiger partial charge in [0, 0.05) is 43.7 Å². The number of rotatable bonds is 3. The molecule has 1 aliphatic rings. The number of piperazine rings is 1. The van der Waals surface area contributed by atoms with Gasteiger partial charge in [-0.1, -0.05) is 18.2 Å². The quantitative estimate of drug-likeness (QED) is 0.876. The van der Waals surface area contributed by atoms with E-state index in [-0.39, 0.29) is 5.76 Å². The highest BCUT2D eigenvalue weighted by Gasteiger charge is 2.22. The van der Waals surface area contributed by atoms with Crippen LogP contribution in [0.4, 0.5) is 0 Å². The van der Waals surface area contributed by atoms with Crippen LogP contribution in [0.5, 0.6) is 0 Å². The van der Waals surface area contributed by atoms with Crippen molar-refractivity contribution in [1.29, 1.82) is 0 Å². The Labute approximate surface area is 110 Å². The molecule has 100 valence electrons. The zero-order valence-electron chi connectivity index (χ0n) is 10.6. The molecule has 1 saturated heterocycles. The van der Waals surface area contributed by atoms with Gasteiger partial charge in [0.05, 0.1) is 0 Å². The molecule has 0 atom stereocenters. The van der Waals surface area contributed by atoms with E-state index in [2.05, 4.69) is 10.2 Å². The zero-order chi connectivity index (χ0) is 13.2. The average Bonchev–Trinajstić information content (AvgIpc) is 2.79. The van der Waals surface area contributed by atoms with Gasteiger partial charge in [0.1, 0.15) is 5.58 Å². The van der Waals surface area contributed by atoms with Gasteiger partial charge in [-0.3, -0.25) is 4.90 Å². The Morgan fingerprint density at radius 3 is 2.79 bits per heavy atom. The fourth-order valence-electron chi connectivity index (χ4n) is 2.52. The lowest BCUT2D eigenvalue weighted by atomic mass is 10.1. The van der Waals surface area contributed by atoms with Gasteiger partial charge in [0.25, 0.3) is 0 Å². The van der Waals surface area contributed by atoms with Crippen molar-refractivity contribution < 1.29 is 14.3 Å². The van der Waals surface area contributed by atoms with Crippen LogP contribution >= 0.6 is 0 Å². The highest BCUT2D eigenvalue weighted by Crippen LogP contribution is 2.27. The first-order chi connectivity index (χ1) is 9.25. The van der Waals surface area contributed by atoms with Crippen LogP contribution in [0.25, 0.3) is 11.0 Å². The van der Waals surface area contributed by atoms with Crippen LogP contribution in [0.15, 0.2) is 28.7 Å². The van der Waals surface area contributed by atoms with Crippen molar-refractivity contribution in [3.8, 4) is 0 Å². The molecule has 0 amide bonds. The molecule has 1 aromatic heterocycles. The average molecular weight is 260 g/mol. The Morgan fingerprint density at radius 2 is 2.05 bits per heavy atom. The Bertz CT molecular complexity index is 600. The summed E-state index contributed by atoms with van der Waals surface area (Å²) in [4.78, 5) is 13.6. The van der Waals surface area contributed by atoms with Crippen molar-refractivity contribution in [3.63, 3.8) is 0 Å². The smallest absolute Gasteiger partial charge is 0.372 e. The summed E-state index contributed by atoms with van der Waals surface area (Å²) >= 11 is 0. The number of benzene rings is 1. The Kier molecular flexibility index (Phi) is 3.23. The summed E-state index contributed by atoms with van der Waals surface area (Å²) in [6.45, 7) is 4.37. The lowest BCUT2D eigenvalue weighted by Crippen LogP contribution is -2.43. The molecular formula is C14H16N2O3. The Balaban J connectivity index is 1.99. The first kappa shape index (κ1) is 12.2. The number of aromatic carboxylic acids is 1.